The normalized spacial score (nSPS) is 10.7. The highest BCUT2D eigenvalue weighted by Crippen LogP contribution is 2.18. The van der Waals surface area contributed by atoms with Crippen molar-refractivity contribution in [1.29, 1.82) is 0 Å². The van der Waals surface area contributed by atoms with Gasteiger partial charge in [-0.3, -0.25) is 9.59 Å². The minimum Gasteiger partial charge on any atom is -0.497 e. The average Bonchev–Trinajstić information content (AvgIpc) is 3.33. The smallest absolute Gasteiger partial charge is 0.310 e. The molecule has 0 radical (unpaired) electrons. The lowest BCUT2D eigenvalue weighted by Crippen LogP contribution is -2.16. The second-order valence-corrected chi connectivity index (χ2v) is 7.71. The maximum Gasteiger partial charge on any atom is 0.310 e. The summed E-state index contributed by atoms with van der Waals surface area (Å²) in [6, 6.07) is 11.7. The van der Waals surface area contributed by atoms with E-state index in [4.69, 9.17) is 9.47 Å². The van der Waals surface area contributed by atoms with E-state index in [2.05, 4.69) is 4.57 Å². The zero-order chi connectivity index (χ0) is 20.8. The molecule has 6 heteroatoms. The number of methoxy groups -OCH3 is 1. The number of Topliss-reactive ketones (excluding diaryl/α,β-unsaturated/α-hetero) is 1. The van der Waals surface area contributed by atoms with Gasteiger partial charge in [-0.2, -0.15) is 11.3 Å². The predicted octanol–water partition coefficient (Wildman–Crippen LogP) is 4.39. The lowest BCUT2D eigenvalue weighted by atomic mass is 10.1. The van der Waals surface area contributed by atoms with Crippen molar-refractivity contribution in [2.24, 2.45) is 0 Å². The maximum atomic E-state index is 12.6. The highest BCUT2D eigenvalue weighted by Gasteiger charge is 2.17. The monoisotopic (exact) mass is 411 g/mol. The molecule has 152 valence electrons. The molecule has 5 nitrogen and oxygen atoms in total. The van der Waals surface area contributed by atoms with Crippen molar-refractivity contribution in [2.75, 3.05) is 13.7 Å². The predicted molar refractivity (Wildman–Crippen MR) is 114 cm³/mol. The highest BCUT2D eigenvalue weighted by atomic mass is 32.1. The molecule has 0 saturated heterocycles. The van der Waals surface area contributed by atoms with Gasteiger partial charge in [0.2, 0.25) is 5.78 Å². The van der Waals surface area contributed by atoms with Crippen LogP contribution in [0, 0.1) is 13.8 Å². The first-order valence-electron chi connectivity index (χ1n) is 9.47. The Bertz CT molecular complexity index is 971. The minimum absolute atomic E-state index is 0.174. The quantitative estimate of drug-likeness (QED) is 0.387. The van der Waals surface area contributed by atoms with Gasteiger partial charge >= 0.3 is 5.97 Å². The van der Waals surface area contributed by atoms with E-state index in [9.17, 15) is 9.59 Å². The average molecular weight is 412 g/mol. The van der Waals surface area contributed by atoms with E-state index in [1.807, 2.05) is 61.0 Å². The molecule has 0 atom stereocenters. The van der Waals surface area contributed by atoms with E-state index in [1.54, 1.807) is 7.11 Å². The standard InChI is InChI=1S/C23H25NO4S/c1-16-12-21(22(25)14-28-23(26)13-19-9-11-29-15-19)17(2)24(16)10-8-18-4-6-20(27-3)7-5-18/h4-7,9,11-12,15H,8,10,13-14H2,1-3H3. The number of ketones is 1. The fourth-order valence-corrected chi connectivity index (χ4v) is 3.96. The van der Waals surface area contributed by atoms with Crippen molar-refractivity contribution in [3.05, 3.63) is 75.2 Å². The zero-order valence-electron chi connectivity index (χ0n) is 16.9. The van der Waals surface area contributed by atoms with Crippen LogP contribution in [0.3, 0.4) is 0 Å². The summed E-state index contributed by atoms with van der Waals surface area (Å²) < 4.78 is 12.5. The van der Waals surface area contributed by atoms with E-state index in [-0.39, 0.29) is 24.8 Å². The Morgan fingerprint density at radius 3 is 2.48 bits per heavy atom. The Kier molecular flexibility index (Phi) is 6.88. The molecular formula is C23H25NO4S. The molecule has 0 bridgehead atoms. The second kappa shape index (κ2) is 9.56. The van der Waals surface area contributed by atoms with Crippen LogP contribution in [-0.2, 0) is 28.9 Å². The Labute approximate surface area is 174 Å². The van der Waals surface area contributed by atoms with Crippen molar-refractivity contribution in [3.8, 4) is 5.75 Å². The van der Waals surface area contributed by atoms with E-state index < -0.39 is 0 Å². The van der Waals surface area contributed by atoms with Crippen molar-refractivity contribution in [3.63, 3.8) is 0 Å². The number of hydrogen-bond donors (Lipinski definition) is 0. The summed E-state index contributed by atoms with van der Waals surface area (Å²) in [5, 5.41) is 3.81. The topological polar surface area (TPSA) is 57.5 Å². The Hall–Kier alpha value is -2.86. The van der Waals surface area contributed by atoms with Crippen molar-refractivity contribution in [2.45, 2.75) is 33.2 Å². The van der Waals surface area contributed by atoms with Crippen LogP contribution in [0.1, 0.15) is 32.9 Å². The highest BCUT2D eigenvalue weighted by molar-refractivity contribution is 7.08. The van der Waals surface area contributed by atoms with Gasteiger partial charge in [0.1, 0.15) is 5.75 Å². The van der Waals surface area contributed by atoms with Crippen LogP contribution >= 0.6 is 11.3 Å². The third-order valence-electron chi connectivity index (χ3n) is 4.95. The molecular weight excluding hydrogens is 386 g/mol. The molecule has 3 aromatic rings. The van der Waals surface area contributed by atoms with Gasteiger partial charge in [-0.25, -0.2) is 0 Å². The van der Waals surface area contributed by atoms with Gasteiger partial charge in [-0.05, 0) is 66.4 Å². The number of thiophene rings is 1. The van der Waals surface area contributed by atoms with E-state index in [0.29, 0.717) is 5.56 Å². The number of esters is 1. The van der Waals surface area contributed by atoms with Gasteiger partial charge in [0.05, 0.1) is 13.5 Å². The van der Waals surface area contributed by atoms with E-state index in [0.717, 1.165) is 35.7 Å². The molecule has 0 unspecified atom stereocenters. The van der Waals surface area contributed by atoms with Gasteiger partial charge in [0.25, 0.3) is 0 Å². The summed E-state index contributed by atoms with van der Waals surface area (Å²) in [6.45, 7) is 4.46. The molecule has 0 aliphatic rings. The van der Waals surface area contributed by atoms with Gasteiger partial charge < -0.3 is 14.0 Å². The van der Waals surface area contributed by atoms with Gasteiger partial charge in [-0.15, -0.1) is 0 Å². The van der Waals surface area contributed by atoms with Crippen molar-refractivity contribution >= 4 is 23.1 Å². The Morgan fingerprint density at radius 2 is 1.83 bits per heavy atom. The molecule has 2 heterocycles. The molecule has 3 rings (SSSR count). The molecule has 2 aromatic heterocycles. The lowest BCUT2D eigenvalue weighted by Gasteiger charge is -2.10. The molecule has 0 N–H and O–H groups in total. The number of hydrogen-bond acceptors (Lipinski definition) is 5. The summed E-state index contributed by atoms with van der Waals surface area (Å²) in [4.78, 5) is 24.5. The zero-order valence-corrected chi connectivity index (χ0v) is 17.8. The van der Waals surface area contributed by atoms with Crippen LogP contribution in [-0.4, -0.2) is 30.0 Å². The van der Waals surface area contributed by atoms with Gasteiger partial charge in [-0.1, -0.05) is 12.1 Å². The van der Waals surface area contributed by atoms with Crippen LogP contribution in [0.2, 0.25) is 0 Å². The van der Waals surface area contributed by atoms with E-state index >= 15 is 0 Å². The van der Waals surface area contributed by atoms with E-state index in [1.165, 1.54) is 16.9 Å². The molecule has 1 aromatic carbocycles. The Morgan fingerprint density at radius 1 is 1.07 bits per heavy atom. The number of aryl methyl sites for hydroxylation is 2. The maximum absolute atomic E-state index is 12.6. The summed E-state index contributed by atoms with van der Waals surface area (Å²) >= 11 is 1.53. The first-order chi connectivity index (χ1) is 14.0. The van der Waals surface area contributed by atoms with Crippen LogP contribution in [0.4, 0.5) is 0 Å². The first-order valence-corrected chi connectivity index (χ1v) is 10.4. The fraction of sp³-hybridized carbons (Fsp3) is 0.304. The second-order valence-electron chi connectivity index (χ2n) is 6.93. The molecule has 0 aliphatic heterocycles. The number of ether oxygens (including phenoxy) is 2. The minimum atomic E-state index is -0.384. The van der Waals surface area contributed by atoms with Crippen molar-refractivity contribution in [1.82, 2.24) is 4.57 Å². The molecule has 29 heavy (non-hydrogen) atoms. The lowest BCUT2D eigenvalue weighted by molar-refractivity contribution is -0.141. The third-order valence-corrected chi connectivity index (χ3v) is 5.68. The molecule has 0 aliphatic carbocycles. The van der Waals surface area contributed by atoms with Crippen LogP contribution in [0.15, 0.2) is 47.2 Å². The van der Waals surface area contributed by atoms with Crippen LogP contribution in [0.25, 0.3) is 0 Å². The third kappa shape index (κ3) is 5.35. The van der Waals surface area contributed by atoms with Crippen molar-refractivity contribution < 1.29 is 19.1 Å². The molecule has 0 saturated carbocycles. The Balaban J connectivity index is 1.58. The molecule has 0 amide bonds. The number of carbonyl (C=O) groups excluding carboxylic acids is 2. The summed E-state index contributed by atoms with van der Waals surface area (Å²) in [5.41, 5.74) is 4.64. The molecule has 0 fully saturated rings. The van der Waals surface area contributed by atoms with Crippen LogP contribution in [0.5, 0.6) is 5.75 Å². The van der Waals surface area contributed by atoms with Crippen LogP contribution < -0.4 is 4.74 Å². The SMILES string of the molecule is COc1ccc(CCn2c(C)cc(C(=O)COC(=O)Cc3ccsc3)c2C)cc1. The van der Waals surface area contributed by atoms with Gasteiger partial charge in [0.15, 0.2) is 6.61 Å². The number of aromatic nitrogens is 1. The van der Waals surface area contributed by atoms with Gasteiger partial charge in [0, 0.05) is 23.5 Å². The number of nitrogens with zero attached hydrogens (tertiary/aromatic N) is 1. The number of rotatable bonds is 9. The number of carbonyl (C=O) groups is 2. The fourth-order valence-electron chi connectivity index (χ4n) is 3.30. The molecule has 0 spiro atoms. The summed E-state index contributed by atoms with van der Waals surface area (Å²) in [6.07, 6.45) is 1.04. The summed E-state index contributed by atoms with van der Waals surface area (Å²) in [5.74, 6) is 0.279. The first kappa shape index (κ1) is 20.9. The summed E-state index contributed by atoms with van der Waals surface area (Å²) in [7, 11) is 1.65. The number of benzene rings is 1. The largest absolute Gasteiger partial charge is 0.497 e.